The molecule has 0 bridgehead atoms. The number of hydrogen-bond acceptors (Lipinski definition) is 4. The van der Waals surface area contributed by atoms with Gasteiger partial charge in [0.15, 0.2) is 0 Å². The Hall–Kier alpha value is -3.77. The molecule has 0 unspecified atom stereocenters. The highest BCUT2D eigenvalue weighted by molar-refractivity contribution is 7.15. The van der Waals surface area contributed by atoms with Crippen molar-refractivity contribution in [1.82, 2.24) is 9.88 Å². The second-order valence-electron chi connectivity index (χ2n) is 7.80. The largest absolute Gasteiger partial charge is 0.368 e. The molecule has 1 heterocycles. The average molecular weight is 456 g/mol. The smallest absolute Gasteiger partial charge is 0.274 e. The van der Waals surface area contributed by atoms with Crippen molar-refractivity contribution in [1.29, 1.82) is 0 Å². The Morgan fingerprint density at radius 3 is 2.00 bits per heavy atom. The normalized spacial score (nSPS) is 11.7. The first kappa shape index (κ1) is 22.4. The van der Waals surface area contributed by atoms with Gasteiger partial charge in [-0.1, -0.05) is 91.0 Å². The predicted molar refractivity (Wildman–Crippen MR) is 132 cm³/mol. The second kappa shape index (κ2) is 10.2. The topological polar surface area (TPSA) is 76.3 Å². The number of benzene rings is 3. The number of primary amides is 1. The van der Waals surface area contributed by atoms with E-state index in [9.17, 15) is 9.59 Å². The first-order valence-corrected chi connectivity index (χ1v) is 11.6. The molecular weight excluding hydrogens is 430 g/mol. The molecule has 3 aromatic carbocycles. The van der Waals surface area contributed by atoms with E-state index in [-0.39, 0.29) is 12.5 Å². The van der Waals surface area contributed by atoms with Crippen molar-refractivity contribution < 1.29 is 9.59 Å². The van der Waals surface area contributed by atoms with Gasteiger partial charge in [0.25, 0.3) is 5.91 Å². The summed E-state index contributed by atoms with van der Waals surface area (Å²) in [6.45, 7) is 2.13. The zero-order valence-electron chi connectivity index (χ0n) is 18.3. The summed E-state index contributed by atoms with van der Waals surface area (Å²) in [5, 5.41) is 0.788. The SMILES string of the molecule is Cc1nc(C(=O)N(Cc2ccccc2)[C@@H](Cc2ccccc2)C(N)=O)c(-c2ccccc2)s1. The lowest BCUT2D eigenvalue weighted by atomic mass is 10.0. The van der Waals surface area contributed by atoms with E-state index in [0.29, 0.717) is 12.1 Å². The molecule has 0 aliphatic rings. The first-order chi connectivity index (χ1) is 16.0. The van der Waals surface area contributed by atoms with Crippen LogP contribution < -0.4 is 5.73 Å². The van der Waals surface area contributed by atoms with Crippen LogP contribution in [0, 0.1) is 6.92 Å². The van der Waals surface area contributed by atoms with Crippen LogP contribution >= 0.6 is 11.3 Å². The minimum Gasteiger partial charge on any atom is -0.368 e. The summed E-state index contributed by atoms with van der Waals surface area (Å²) >= 11 is 1.47. The van der Waals surface area contributed by atoms with Crippen LogP contribution in [-0.4, -0.2) is 27.7 Å². The molecule has 0 aliphatic carbocycles. The highest BCUT2D eigenvalue weighted by Gasteiger charge is 2.32. The molecule has 5 nitrogen and oxygen atoms in total. The fourth-order valence-corrected chi connectivity index (χ4v) is 4.71. The lowest BCUT2D eigenvalue weighted by molar-refractivity contribution is -0.122. The van der Waals surface area contributed by atoms with Crippen molar-refractivity contribution in [3.63, 3.8) is 0 Å². The zero-order chi connectivity index (χ0) is 23.2. The van der Waals surface area contributed by atoms with Crippen LogP contribution in [0.5, 0.6) is 0 Å². The third-order valence-corrected chi connectivity index (χ3v) is 6.43. The number of rotatable bonds is 8. The van der Waals surface area contributed by atoms with Gasteiger partial charge in [-0.3, -0.25) is 9.59 Å². The van der Waals surface area contributed by atoms with Gasteiger partial charge < -0.3 is 10.6 Å². The number of thiazole rings is 1. The lowest BCUT2D eigenvalue weighted by Gasteiger charge is -2.30. The van der Waals surface area contributed by atoms with Gasteiger partial charge in [0.05, 0.1) is 9.88 Å². The minimum absolute atomic E-state index is 0.255. The van der Waals surface area contributed by atoms with Crippen molar-refractivity contribution in [3.05, 3.63) is 113 Å². The molecule has 166 valence electrons. The Balaban J connectivity index is 1.76. The summed E-state index contributed by atoms with van der Waals surface area (Å²) in [5.74, 6) is -0.849. The average Bonchev–Trinajstić information content (AvgIpc) is 3.24. The molecule has 2 N–H and O–H groups in total. The van der Waals surface area contributed by atoms with Gasteiger partial charge in [-0.25, -0.2) is 4.98 Å². The molecule has 0 aliphatic heterocycles. The highest BCUT2D eigenvalue weighted by atomic mass is 32.1. The van der Waals surface area contributed by atoms with Gasteiger partial charge >= 0.3 is 0 Å². The van der Waals surface area contributed by atoms with Crippen LogP contribution in [0.2, 0.25) is 0 Å². The minimum atomic E-state index is -0.814. The van der Waals surface area contributed by atoms with Gasteiger partial charge in [-0.15, -0.1) is 11.3 Å². The Kier molecular flexibility index (Phi) is 6.95. The summed E-state index contributed by atoms with van der Waals surface area (Å²) in [6.07, 6.45) is 0.332. The molecule has 33 heavy (non-hydrogen) atoms. The fourth-order valence-electron chi connectivity index (χ4n) is 3.80. The van der Waals surface area contributed by atoms with E-state index in [1.54, 1.807) is 4.90 Å². The van der Waals surface area contributed by atoms with E-state index in [1.807, 2.05) is 97.9 Å². The standard InChI is InChI=1S/C27H25N3O2S/c1-19-29-24(25(33-19)22-15-9-4-10-16-22)27(32)30(18-21-13-7-3-8-14-21)23(26(28)31)17-20-11-5-2-6-12-20/h2-16,23H,17-18H2,1H3,(H2,28,31)/t23-/m0/s1. The van der Waals surface area contributed by atoms with E-state index in [2.05, 4.69) is 4.98 Å². The van der Waals surface area contributed by atoms with Crippen molar-refractivity contribution >= 4 is 23.2 Å². The maximum Gasteiger partial charge on any atom is 0.274 e. The zero-order valence-corrected chi connectivity index (χ0v) is 19.2. The number of carbonyl (C=O) groups is 2. The summed E-state index contributed by atoms with van der Waals surface area (Å²) in [5.41, 5.74) is 8.98. The van der Waals surface area contributed by atoms with E-state index in [1.165, 1.54) is 11.3 Å². The number of aryl methyl sites for hydroxylation is 1. The van der Waals surface area contributed by atoms with Gasteiger partial charge in [0.1, 0.15) is 11.7 Å². The summed E-state index contributed by atoms with van der Waals surface area (Å²) in [6, 6.07) is 28.1. The number of nitrogens with zero attached hydrogens (tertiary/aromatic N) is 2. The monoisotopic (exact) mass is 455 g/mol. The molecule has 0 saturated heterocycles. The summed E-state index contributed by atoms with van der Waals surface area (Å²) < 4.78 is 0. The van der Waals surface area contributed by atoms with Crippen molar-refractivity contribution in [2.75, 3.05) is 0 Å². The highest BCUT2D eigenvalue weighted by Crippen LogP contribution is 2.31. The summed E-state index contributed by atoms with van der Waals surface area (Å²) in [4.78, 5) is 33.5. The quantitative estimate of drug-likeness (QED) is 0.412. The van der Waals surface area contributed by atoms with E-state index in [4.69, 9.17) is 5.73 Å². The lowest BCUT2D eigenvalue weighted by Crippen LogP contribution is -2.49. The molecule has 6 heteroatoms. The van der Waals surface area contributed by atoms with Crippen molar-refractivity contribution in [3.8, 4) is 10.4 Å². The van der Waals surface area contributed by atoms with Crippen LogP contribution in [0.25, 0.3) is 10.4 Å². The molecule has 2 amide bonds. The second-order valence-corrected chi connectivity index (χ2v) is 9.01. The van der Waals surface area contributed by atoms with Gasteiger partial charge in [-0.05, 0) is 23.6 Å². The molecule has 1 aromatic heterocycles. The molecule has 4 aromatic rings. The Labute approximate surface area is 197 Å². The Morgan fingerprint density at radius 1 is 0.879 bits per heavy atom. The maximum atomic E-state index is 14.0. The third kappa shape index (κ3) is 5.35. The van der Waals surface area contributed by atoms with Crippen LogP contribution in [-0.2, 0) is 17.8 Å². The molecule has 0 spiro atoms. The number of carbonyl (C=O) groups excluding carboxylic acids is 2. The number of aromatic nitrogens is 1. The summed E-state index contributed by atoms with van der Waals surface area (Å²) in [7, 11) is 0. The van der Waals surface area contributed by atoms with Crippen LogP contribution in [0.4, 0.5) is 0 Å². The molecule has 1 atom stereocenters. The first-order valence-electron chi connectivity index (χ1n) is 10.7. The fraction of sp³-hybridized carbons (Fsp3) is 0.148. The molecule has 4 rings (SSSR count). The third-order valence-electron chi connectivity index (χ3n) is 5.41. The number of amides is 2. The van der Waals surface area contributed by atoms with Crippen molar-refractivity contribution in [2.24, 2.45) is 5.73 Å². The van der Waals surface area contributed by atoms with E-state index in [0.717, 1.165) is 26.6 Å². The predicted octanol–water partition coefficient (Wildman–Crippen LogP) is 4.86. The van der Waals surface area contributed by atoms with Crippen LogP contribution in [0.1, 0.15) is 26.6 Å². The number of nitrogens with two attached hydrogens (primary N) is 1. The van der Waals surface area contributed by atoms with E-state index >= 15 is 0 Å². The van der Waals surface area contributed by atoms with Crippen LogP contribution in [0.3, 0.4) is 0 Å². The maximum absolute atomic E-state index is 14.0. The van der Waals surface area contributed by atoms with Crippen molar-refractivity contribution in [2.45, 2.75) is 25.9 Å². The number of hydrogen-bond donors (Lipinski definition) is 1. The van der Waals surface area contributed by atoms with E-state index < -0.39 is 11.9 Å². The molecule has 0 radical (unpaired) electrons. The Bertz CT molecular complexity index is 1220. The van der Waals surface area contributed by atoms with Gasteiger partial charge in [0.2, 0.25) is 5.91 Å². The van der Waals surface area contributed by atoms with Gasteiger partial charge in [0, 0.05) is 13.0 Å². The Morgan fingerprint density at radius 2 is 1.42 bits per heavy atom. The molecule has 0 saturated carbocycles. The van der Waals surface area contributed by atoms with Crippen LogP contribution in [0.15, 0.2) is 91.0 Å². The molecule has 0 fully saturated rings. The van der Waals surface area contributed by atoms with Gasteiger partial charge in [-0.2, -0.15) is 0 Å². The molecular formula is C27H25N3O2S.